The van der Waals surface area contributed by atoms with Crippen molar-refractivity contribution < 1.29 is 13.2 Å². The summed E-state index contributed by atoms with van der Waals surface area (Å²) in [6, 6.07) is 7.11. The Morgan fingerprint density at radius 1 is 1.12 bits per heavy atom. The van der Waals surface area contributed by atoms with E-state index in [1.165, 1.54) is 4.31 Å². The second-order valence-corrected chi connectivity index (χ2v) is 8.65. The van der Waals surface area contributed by atoms with Gasteiger partial charge in [-0.2, -0.15) is 4.31 Å². The van der Waals surface area contributed by atoms with E-state index in [1.54, 1.807) is 17.0 Å². The maximum atomic E-state index is 12.8. The fraction of sp³-hybridized carbons (Fsp3) is 0.611. The standard InChI is InChI=1S/C18H29N3O3S.ClH/c1-15(2)16-6-8-17(9-7-16)25(23,24)21-13-11-20(12-14-21)18(22)5-4-10-19-3;/h6-9,15,19H,4-5,10-14H2,1-3H3;1H. The van der Waals surface area contributed by atoms with Crippen molar-refractivity contribution >= 4 is 28.3 Å². The lowest BCUT2D eigenvalue weighted by atomic mass is 10.0. The van der Waals surface area contributed by atoms with Crippen molar-refractivity contribution in [3.8, 4) is 0 Å². The molecule has 1 amide bonds. The number of hydrogen-bond acceptors (Lipinski definition) is 4. The van der Waals surface area contributed by atoms with E-state index >= 15 is 0 Å². The summed E-state index contributed by atoms with van der Waals surface area (Å²) >= 11 is 0. The summed E-state index contributed by atoms with van der Waals surface area (Å²) in [7, 11) is -1.63. The lowest BCUT2D eigenvalue weighted by molar-refractivity contribution is -0.132. The topological polar surface area (TPSA) is 69.7 Å². The Morgan fingerprint density at radius 3 is 2.19 bits per heavy atom. The molecule has 1 fully saturated rings. The number of carbonyl (C=O) groups is 1. The molecule has 1 saturated heterocycles. The van der Waals surface area contributed by atoms with Gasteiger partial charge >= 0.3 is 0 Å². The third-order valence-corrected chi connectivity index (χ3v) is 6.51. The molecule has 0 saturated carbocycles. The average Bonchev–Trinajstić information content (AvgIpc) is 2.62. The highest BCUT2D eigenvalue weighted by atomic mass is 35.5. The lowest BCUT2D eigenvalue weighted by Gasteiger charge is -2.34. The van der Waals surface area contributed by atoms with Gasteiger partial charge in [-0.25, -0.2) is 8.42 Å². The summed E-state index contributed by atoms with van der Waals surface area (Å²) in [5.41, 5.74) is 1.12. The number of hydrogen-bond donors (Lipinski definition) is 1. The second kappa shape index (κ2) is 10.3. The van der Waals surface area contributed by atoms with Gasteiger partial charge in [-0.05, 0) is 43.6 Å². The van der Waals surface area contributed by atoms with E-state index in [1.807, 2.05) is 19.2 Å². The van der Waals surface area contributed by atoms with Crippen molar-refractivity contribution in [3.05, 3.63) is 29.8 Å². The van der Waals surface area contributed by atoms with Crippen LogP contribution in [0.15, 0.2) is 29.2 Å². The van der Waals surface area contributed by atoms with Gasteiger partial charge in [0.25, 0.3) is 0 Å². The third-order valence-electron chi connectivity index (χ3n) is 4.59. The number of nitrogens with one attached hydrogen (secondary N) is 1. The molecule has 8 heteroatoms. The zero-order valence-electron chi connectivity index (χ0n) is 15.8. The molecule has 1 aromatic rings. The Hall–Kier alpha value is -1.15. The highest BCUT2D eigenvalue weighted by molar-refractivity contribution is 7.89. The Kier molecular flexibility index (Phi) is 9.03. The van der Waals surface area contributed by atoms with E-state index < -0.39 is 10.0 Å². The molecule has 0 atom stereocenters. The van der Waals surface area contributed by atoms with E-state index in [4.69, 9.17) is 0 Å². The van der Waals surface area contributed by atoms with Crippen LogP contribution < -0.4 is 5.32 Å². The minimum Gasteiger partial charge on any atom is -0.340 e. The molecule has 0 radical (unpaired) electrons. The highest BCUT2D eigenvalue weighted by Crippen LogP contribution is 2.21. The van der Waals surface area contributed by atoms with Gasteiger partial charge in [-0.3, -0.25) is 4.79 Å². The molecule has 0 unspecified atom stereocenters. The molecular weight excluding hydrogens is 374 g/mol. The van der Waals surface area contributed by atoms with Crippen molar-refractivity contribution in [2.75, 3.05) is 39.8 Å². The van der Waals surface area contributed by atoms with Crippen LogP contribution in [0.1, 0.15) is 38.2 Å². The molecular formula is C18H30ClN3O3S. The van der Waals surface area contributed by atoms with Crippen LogP contribution in [0.5, 0.6) is 0 Å². The second-order valence-electron chi connectivity index (χ2n) is 6.72. The first-order valence-corrected chi connectivity index (χ1v) is 10.3. The molecule has 1 N–H and O–H groups in total. The predicted octanol–water partition coefficient (Wildman–Crippen LogP) is 2.06. The van der Waals surface area contributed by atoms with Crippen LogP contribution in [0.4, 0.5) is 0 Å². The first-order valence-electron chi connectivity index (χ1n) is 8.88. The van der Waals surface area contributed by atoms with Gasteiger partial charge in [0.1, 0.15) is 0 Å². The molecule has 1 aliphatic heterocycles. The number of amides is 1. The Balaban J connectivity index is 0.00000338. The first-order chi connectivity index (χ1) is 11.9. The summed E-state index contributed by atoms with van der Waals surface area (Å²) in [5.74, 6) is 0.475. The van der Waals surface area contributed by atoms with Crippen molar-refractivity contribution in [3.63, 3.8) is 0 Å². The minimum absolute atomic E-state index is 0. The van der Waals surface area contributed by atoms with Gasteiger partial charge in [0.15, 0.2) is 0 Å². The van der Waals surface area contributed by atoms with Crippen LogP contribution in [-0.4, -0.2) is 63.3 Å². The van der Waals surface area contributed by atoms with Crippen LogP contribution in [0.25, 0.3) is 0 Å². The van der Waals surface area contributed by atoms with Gasteiger partial charge in [-0.1, -0.05) is 26.0 Å². The number of nitrogens with zero attached hydrogens (tertiary/aromatic N) is 2. The van der Waals surface area contributed by atoms with Gasteiger partial charge in [0.05, 0.1) is 4.90 Å². The highest BCUT2D eigenvalue weighted by Gasteiger charge is 2.29. The monoisotopic (exact) mass is 403 g/mol. The molecule has 6 nitrogen and oxygen atoms in total. The molecule has 0 aromatic heterocycles. The fourth-order valence-corrected chi connectivity index (χ4v) is 4.35. The van der Waals surface area contributed by atoms with Crippen LogP contribution in [0.2, 0.25) is 0 Å². The molecule has 1 heterocycles. The summed E-state index contributed by atoms with van der Waals surface area (Å²) in [4.78, 5) is 14.2. The molecule has 0 bridgehead atoms. The van der Waals surface area contributed by atoms with Crippen molar-refractivity contribution in [2.45, 2.75) is 37.5 Å². The summed E-state index contributed by atoms with van der Waals surface area (Å²) in [6.45, 7) is 6.60. The number of carbonyl (C=O) groups excluding carboxylic acids is 1. The number of rotatable bonds is 7. The van der Waals surface area contributed by atoms with E-state index in [0.717, 1.165) is 18.5 Å². The molecule has 1 aromatic carbocycles. The smallest absolute Gasteiger partial charge is 0.243 e. The molecule has 26 heavy (non-hydrogen) atoms. The van der Waals surface area contributed by atoms with Crippen LogP contribution in [-0.2, 0) is 14.8 Å². The van der Waals surface area contributed by atoms with Crippen molar-refractivity contribution in [1.29, 1.82) is 0 Å². The van der Waals surface area contributed by atoms with Gasteiger partial charge in [0.2, 0.25) is 15.9 Å². The summed E-state index contributed by atoms with van der Waals surface area (Å²) in [6.07, 6.45) is 1.31. The molecule has 1 aliphatic rings. The van der Waals surface area contributed by atoms with Crippen LogP contribution in [0.3, 0.4) is 0 Å². The van der Waals surface area contributed by atoms with E-state index in [-0.39, 0.29) is 18.3 Å². The predicted molar refractivity (Wildman–Crippen MR) is 106 cm³/mol. The minimum atomic E-state index is -3.49. The Bertz CT molecular complexity index is 669. The van der Waals surface area contributed by atoms with Crippen molar-refractivity contribution in [2.24, 2.45) is 0 Å². The fourth-order valence-electron chi connectivity index (χ4n) is 2.93. The van der Waals surface area contributed by atoms with Gasteiger partial charge < -0.3 is 10.2 Å². The quantitative estimate of drug-likeness (QED) is 0.707. The number of piperazine rings is 1. The van der Waals surface area contributed by atoms with E-state index in [0.29, 0.717) is 43.4 Å². The summed E-state index contributed by atoms with van der Waals surface area (Å²) in [5, 5.41) is 3.02. The molecule has 0 aliphatic carbocycles. The van der Waals surface area contributed by atoms with E-state index in [9.17, 15) is 13.2 Å². The van der Waals surface area contributed by atoms with Crippen molar-refractivity contribution in [1.82, 2.24) is 14.5 Å². The summed E-state index contributed by atoms with van der Waals surface area (Å²) < 4.78 is 27.0. The van der Waals surface area contributed by atoms with E-state index in [2.05, 4.69) is 19.2 Å². The molecule has 2 rings (SSSR count). The average molecular weight is 404 g/mol. The zero-order chi connectivity index (χ0) is 18.4. The van der Waals surface area contributed by atoms with Crippen LogP contribution >= 0.6 is 12.4 Å². The Labute approximate surface area is 163 Å². The lowest BCUT2D eigenvalue weighted by Crippen LogP contribution is -2.50. The van der Waals surface area contributed by atoms with Gasteiger partial charge in [-0.15, -0.1) is 12.4 Å². The Morgan fingerprint density at radius 2 is 1.69 bits per heavy atom. The SMILES string of the molecule is CNCCCC(=O)N1CCN(S(=O)(=O)c2ccc(C(C)C)cc2)CC1.Cl. The molecule has 0 spiro atoms. The van der Waals surface area contributed by atoms with Gasteiger partial charge in [0, 0.05) is 32.6 Å². The largest absolute Gasteiger partial charge is 0.340 e. The maximum absolute atomic E-state index is 12.8. The zero-order valence-corrected chi connectivity index (χ0v) is 17.4. The third kappa shape index (κ3) is 5.67. The number of halogens is 1. The van der Waals surface area contributed by atoms with Crippen LogP contribution in [0, 0.1) is 0 Å². The number of sulfonamides is 1. The maximum Gasteiger partial charge on any atom is 0.243 e. The first kappa shape index (κ1) is 22.9. The number of benzene rings is 1. The normalized spacial score (nSPS) is 15.8. The molecule has 148 valence electrons.